The second-order valence-electron chi connectivity index (χ2n) is 14.4. The lowest BCUT2D eigenvalue weighted by atomic mass is 9.81. The van der Waals surface area contributed by atoms with E-state index in [1.54, 1.807) is 11.0 Å². The summed E-state index contributed by atoms with van der Waals surface area (Å²) < 4.78 is 91.4. The van der Waals surface area contributed by atoms with Crippen LogP contribution in [0.25, 0.3) is 5.57 Å². The van der Waals surface area contributed by atoms with E-state index >= 15 is 0 Å². The van der Waals surface area contributed by atoms with E-state index < -0.39 is 68.4 Å². The van der Waals surface area contributed by atoms with Gasteiger partial charge in [-0.15, -0.1) is 12.4 Å². The summed E-state index contributed by atoms with van der Waals surface area (Å²) in [5, 5.41) is 3.30. The van der Waals surface area contributed by atoms with Gasteiger partial charge in [-0.05, 0) is 92.5 Å². The molecule has 3 aliphatic rings. The standard InChI is InChI=1S/C39H38Cl3F6N3O4.ClH/c1-37(2,39(40,41)42)55-36(53)51-27-18-28(24-10-8-22(9-11-24)6-4-16-54-34-30(44)15-14-29(43)33(34)45)32(31(51)20-49-19-27)35(52)50(26-12-13-26)21-23-5-3-7-25(17-23)38(46,47)48;/h3,5,7-11,14-15,17,26-27,31,49H,4,6,12-13,16,18-21H2,1-2H3;1H. The summed E-state index contributed by atoms with van der Waals surface area (Å²) in [4.78, 5) is 31.9. The first-order valence-corrected chi connectivity index (χ1v) is 18.8. The van der Waals surface area contributed by atoms with Crippen molar-refractivity contribution in [2.24, 2.45) is 0 Å². The number of carbonyl (C=O) groups excluding carboxylic acids is 2. The molecule has 0 spiro atoms. The quantitative estimate of drug-likeness (QED) is 0.0900. The number of halogens is 10. The van der Waals surface area contributed by atoms with Crippen LogP contribution in [-0.2, 0) is 28.7 Å². The Morgan fingerprint density at radius 1 is 0.929 bits per heavy atom. The molecule has 0 radical (unpaired) electrons. The van der Waals surface area contributed by atoms with Crippen molar-refractivity contribution in [3.63, 3.8) is 0 Å². The second-order valence-corrected chi connectivity index (χ2v) is 16.7. The van der Waals surface area contributed by atoms with Gasteiger partial charge in [-0.3, -0.25) is 9.69 Å². The molecule has 17 heteroatoms. The molecular formula is C39H39Cl4F6N3O4. The Balaban J connectivity index is 0.00000600. The zero-order chi connectivity index (χ0) is 39.9. The van der Waals surface area contributed by atoms with E-state index in [2.05, 4.69) is 5.32 Å². The number of hydrogen-bond acceptors (Lipinski definition) is 5. The highest BCUT2D eigenvalue weighted by Gasteiger charge is 2.50. The first-order valence-electron chi connectivity index (χ1n) is 17.7. The van der Waals surface area contributed by atoms with Crippen LogP contribution < -0.4 is 10.1 Å². The molecule has 2 bridgehead atoms. The van der Waals surface area contributed by atoms with Gasteiger partial charge in [0.2, 0.25) is 9.61 Å². The molecule has 304 valence electrons. The van der Waals surface area contributed by atoms with E-state index in [4.69, 9.17) is 44.3 Å². The first kappa shape index (κ1) is 43.8. The van der Waals surface area contributed by atoms with Gasteiger partial charge in [0.05, 0.1) is 24.3 Å². The number of benzene rings is 3. The molecule has 2 heterocycles. The predicted molar refractivity (Wildman–Crippen MR) is 204 cm³/mol. The number of ether oxygens (including phenoxy) is 2. The van der Waals surface area contributed by atoms with Crippen molar-refractivity contribution in [3.05, 3.63) is 106 Å². The average molecular weight is 870 g/mol. The van der Waals surface area contributed by atoms with E-state index in [0.717, 1.165) is 23.8 Å². The van der Waals surface area contributed by atoms with Crippen LogP contribution in [0.1, 0.15) is 61.8 Å². The van der Waals surface area contributed by atoms with Gasteiger partial charge < -0.3 is 19.7 Å². The maximum absolute atomic E-state index is 14.9. The number of piperazine rings is 1. The summed E-state index contributed by atoms with van der Waals surface area (Å²) in [5.74, 6) is -4.82. The van der Waals surface area contributed by atoms with E-state index in [-0.39, 0.29) is 44.6 Å². The number of nitrogens with one attached hydrogen (secondary N) is 1. The van der Waals surface area contributed by atoms with Crippen LogP contribution in [0.3, 0.4) is 0 Å². The summed E-state index contributed by atoms with van der Waals surface area (Å²) in [7, 11) is 0. The number of hydrogen-bond donors (Lipinski definition) is 1. The molecule has 6 rings (SSSR count). The lowest BCUT2D eigenvalue weighted by Crippen LogP contribution is -2.64. The van der Waals surface area contributed by atoms with Crippen LogP contribution in [-0.4, -0.2) is 69.0 Å². The van der Waals surface area contributed by atoms with E-state index in [1.165, 1.54) is 24.8 Å². The Hall–Kier alpha value is -3.36. The van der Waals surface area contributed by atoms with Gasteiger partial charge in [-0.25, -0.2) is 13.6 Å². The fourth-order valence-corrected chi connectivity index (χ4v) is 6.98. The summed E-state index contributed by atoms with van der Waals surface area (Å²) in [6, 6.07) is 12.2. The third-order valence-corrected chi connectivity index (χ3v) is 11.4. The summed E-state index contributed by atoms with van der Waals surface area (Å²) in [6.07, 6.45) is -2.99. The number of alkyl halides is 6. The van der Waals surface area contributed by atoms with Crippen molar-refractivity contribution < 1.29 is 45.4 Å². The highest BCUT2D eigenvalue weighted by atomic mass is 35.6. The minimum Gasteiger partial charge on any atom is -0.488 e. The molecule has 1 N–H and O–H groups in total. The zero-order valence-electron chi connectivity index (χ0n) is 30.2. The normalized spacial score (nSPS) is 18.7. The fourth-order valence-electron chi connectivity index (χ4n) is 6.86. The molecular weight excluding hydrogens is 830 g/mol. The average Bonchev–Trinajstić information content (AvgIpc) is 3.96. The Bertz CT molecular complexity index is 1950. The first-order chi connectivity index (χ1) is 25.9. The van der Waals surface area contributed by atoms with Crippen molar-refractivity contribution in [2.75, 3.05) is 19.7 Å². The van der Waals surface area contributed by atoms with E-state index in [9.17, 15) is 35.9 Å². The SMILES string of the molecule is CC(C)(OC(=O)N1C2CNCC1C(C(=O)N(Cc1cccc(C(F)(F)F)c1)C1CC1)=C(c1ccc(CCCOc3c(F)ccc(F)c3F)cc1)C2)C(Cl)(Cl)Cl.Cl. The molecule has 2 amide bonds. The molecule has 2 fully saturated rings. The molecule has 2 atom stereocenters. The number of nitrogens with zero attached hydrogens (tertiary/aromatic N) is 2. The van der Waals surface area contributed by atoms with Crippen LogP contribution in [0, 0.1) is 17.5 Å². The minimum absolute atomic E-state index is 0. The van der Waals surface area contributed by atoms with Gasteiger partial charge in [0.15, 0.2) is 23.0 Å². The molecule has 2 aliphatic heterocycles. The van der Waals surface area contributed by atoms with Crippen molar-refractivity contribution >= 4 is 64.8 Å². The molecule has 3 aromatic rings. The van der Waals surface area contributed by atoms with Crippen molar-refractivity contribution in [2.45, 2.75) is 86.2 Å². The third kappa shape index (κ3) is 9.66. The minimum atomic E-state index is -4.57. The molecule has 0 aromatic heterocycles. The summed E-state index contributed by atoms with van der Waals surface area (Å²) in [5.41, 5.74) is 0.462. The monoisotopic (exact) mass is 867 g/mol. The maximum atomic E-state index is 14.9. The molecule has 1 saturated carbocycles. The summed E-state index contributed by atoms with van der Waals surface area (Å²) in [6.45, 7) is 3.30. The summed E-state index contributed by atoms with van der Waals surface area (Å²) >= 11 is 18.4. The number of carbonyl (C=O) groups is 2. The smallest absolute Gasteiger partial charge is 0.416 e. The molecule has 3 aromatic carbocycles. The maximum Gasteiger partial charge on any atom is 0.416 e. The van der Waals surface area contributed by atoms with Crippen LogP contribution in [0.15, 0.2) is 66.2 Å². The van der Waals surface area contributed by atoms with Gasteiger partial charge in [0.1, 0.15) is 0 Å². The van der Waals surface area contributed by atoms with Crippen molar-refractivity contribution in [1.29, 1.82) is 0 Å². The van der Waals surface area contributed by atoms with Gasteiger partial charge >= 0.3 is 12.3 Å². The highest BCUT2D eigenvalue weighted by Crippen LogP contribution is 2.44. The zero-order valence-corrected chi connectivity index (χ0v) is 33.3. The van der Waals surface area contributed by atoms with E-state index in [0.29, 0.717) is 60.6 Å². The number of aryl methyl sites for hydroxylation is 1. The van der Waals surface area contributed by atoms with Crippen LogP contribution >= 0.6 is 47.2 Å². The fraction of sp³-hybridized carbons (Fsp3) is 0.436. The van der Waals surface area contributed by atoms with Crippen molar-refractivity contribution in [3.8, 4) is 5.75 Å². The van der Waals surface area contributed by atoms with Crippen LogP contribution in [0.4, 0.5) is 31.1 Å². The third-order valence-electron chi connectivity index (χ3n) is 10.0. The lowest BCUT2D eigenvalue weighted by Gasteiger charge is -2.48. The van der Waals surface area contributed by atoms with Gasteiger partial charge in [0, 0.05) is 31.2 Å². The Morgan fingerprint density at radius 3 is 2.25 bits per heavy atom. The van der Waals surface area contributed by atoms with E-state index in [1.807, 2.05) is 24.3 Å². The predicted octanol–water partition coefficient (Wildman–Crippen LogP) is 9.83. The Labute approximate surface area is 341 Å². The van der Waals surface area contributed by atoms with Gasteiger partial charge in [0.25, 0.3) is 5.91 Å². The molecule has 2 unspecified atom stereocenters. The van der Waals surface area contributed by atoms with Crippen molar-refractivity contribution in [1.82, 2.24) is 15.1 Å². The molecule has 7 nitrogen and oxygen atoms in total. The number of amides is 2. The van der Waals surface area contributed by atoms with Gasteiger partial charge in [-0.1, -0.05) is 71.2 Å². The molecule has 56 heavy (non-hydrogen) atoms. The second kappa shape index (κ2) is 17.2. The van der Waals surface area contributed by atoms with Crippen LogP contribution in [0.5, 0.6) is 5.75 Å². The number of fused-ring (bicyclic) bond motifs is 2. The lowest BCUT2D eigenvalue weighted by molar-refractivity contribution is -0.137. The molecule has 1 saturated heterocycles. The van der Waals surface area contributed by atoms with Crippen LogP contribution in [0.2, 0.25) is 0 Å². The Kier molecular flexibility index (Phi) is 13.5. The Morgan fingerprint density at radius 2 is 1.61 bits per heavy atom. The largest absolute Gasteiger partial charge is 0.488 e. The van der Waals surface area contributed by atoms with Gasteiger partial charge in [-0.2, -0.15) is 17.6 Å². The molecule has 1 aliphatic carbocycles. The number of rotatable bonds is 11. The highest BCUT2D eigenvalue weighted by molar-refractivity contribution is 6.68. The topological polar surface area (TPSA) is 71.1 Å².